The van der Waals surface area contributed by atoms with Gasteiger partial charge in [-0.15, -0.1) is 0 Å². The SMILES string of the molecule is CCn1cccc1C(=O)NCCNCC(C)O. The van der Waals surface area contributed by atoms with Gasteiger partial charge < -0.3 is 20.3 Å². The highest BCUT2D eigenvalue weighted by Gasteiger charge is 2.08. The van der Waals surface area contributed by atoms with Crippen molar-refractivity contribution in [3.63, 3.8) is 0 Å². The van der Waals surface area contributed by atoms with Crippen molar-refractivity contribution in [2.75, 3.05) is 19.6 Å². The van der Waals surface area contributed by atoms with Gasteiger partial charge in [0.25, 0.3) is 5.91 Å². The van der Waals surface area contributed by atoms with Gasteiger partial charge in [-0.2, -0.15) is 0 Å². The zero-order valence-corrected chi connectivity index (χ0v) is 10.4. The van der Waals surface area contributed by atoms with E-state index in [2.05, 4.69) is 10.6 Å². The number of hydrogen-bond donors (Lipinski definition) is 3. The molecule has 1 heterocycles. The van der Waals surface area contributed by atoms with Crippen LogP contribution in [0.1, 0.15) is 24.3 Å². The number of hydrogen-bond acceptors (Lipinski definition) is 3. The van der Waals surface area contributed by atoms with Crippen molar-refractivity contribution in [3.05, 3.63) is 24.0 Å². The van der Waals surface area contributed by atoms with Crippen LogP contribution in [0.15, 0.2) is 18.3 Å². The minimum atomic E-state index is -0.358. The van der Waals surface area contributed by atoms with Gasteiger partial charge >= 0.3 is 0 Å². The lowest BCUT2D eigenvalue weighted by Gasteiger charge is -2.09. The Morgan fingerprint density at radius 2 is 2.29 bits per heavy atom. The zero-order chi connectivity index (χ0) is 12.7. The Bertz CT molecular complexity index is 347. The average molecular weight is 239 g/mol. The fourth-order valence-electron chi connectivity index (χ4n) is 1.56. The van der Waals surface area contributed by atoms with E-state index in [1.54, 1.807) is 6.92 Å². The summed E-state index contributed by atoms with van der Waals surface area (Å²) in [7, 11) is 0. The number of nitrogens with one attached hydrogen (secondary N) is 2. The van der Waals surface area contributed by atoms with E-state index in [1.165, 1.54) is 0 Å². The van der Waals surface area contributed by atoms with Gasteiger partial charge in [0, 0.05) is 32.4 Å². The van der Waals surface area contributed by atoms with E-state index in [1.807, 2.05) is 29.8 Å². The first-order chi connectivity index (χ1) is 8.15. The molecule has 1 aromatic rings. The number of aliphatic hydroxyl groups is 1. The summed E-state index contributed by atoms with van der Waals surface area (Å²) in [4.78, 5) is 11.8. The number of aliphatic hydroxyl groups excluding tert-OH is 1. The minimum absolute atomic E-state index is 0.0595. The van der Waals surface area contributed by atoms with E-state index >= 15 is 0 Å². The fourth-order valence-corrected chi connectivity index (χ4v) is 1.56. The third-order valence-corrected chi connectivity index (χ3v) is 2.43. The lowest BCUT2D eigenvalue weighted by atomic mass is 10.4. The number of carbonyl (C=O) groups excluding carboxylic acids is 1. The first-order valence-corrected chi connectivity index (χ1v) is 5.97. The van der Waals surface area contributed by atoms with E-state index in [0.29, 0.717) is 25.3 Å². The lowest BCUT2D eigenvalue weighted by Crippen LogP contribution is -2.35. The molecule has 0 saturated heterocycles. The van der Waals surface area contributed by atoms with Gasteiger partial charge in [-0.1, -0.05) is 0 Å². The average Bonchev–Trinajstić information content (AvgIpc) is 2.75. The number of nitrogens with zero attached hydrogens (tertiary/aromatic N) is 1. The molecule has 0 spiro atoms. The van der Waals surface area contributed by atoms with Crippen molar-refractivity contribution in [2.45, 2.75) is 26.5 Å². The van der Waals surface area contributed by atoms with E-state index in [0.717, 1.165) is 6.54 Å². The molecule has 0 fully saturated rings. The third-order valence-electron chi connectivity index (χ3n) is 2.43. The molecule has 0 bridgehead atoms. The van der Waals surface area contributed by atoms with Gasteiger partial charge in [-0.25, -0.2) is 0 Å². The van der Waals surface area contributed by atoms with Gasteiger partial charge in [-0.05, 0) is 26.0 Å². The van der Waals surface area contributed by atoms with Crippen LogP contribution < -0.4 is 10.6 Å². The maximum atomic E-state index is 11.8. The summed E-state index contributed by atoms with van der Waals surface area (Å²) in [5.41, 5.74) is 0.683. The predicted molar refractivity (Wildman–Crippen MR) is 67.0 cm³/mol. The second-order valence-electron chi connectivity index (χ2n) is 3.99. The van der Waals surface area contributed by atoms with Crippen LogP contribution in [-0.2, 0) is 6.54 Å². The van der Waals surface area contributed by atoms with Crippen molar-refractivity contribution in [3.8, 4) is 0 Å². The second-order valence-corrected chi connectivity index (χ2v) is 3.99. The largest absolute Gasteiger partial charge is 0.392 e. The Morgan fingerprint density at radius 1 is 1.53 bits per heavy atom. The Kier molecular flexibility index (Phi) is 5.72. The molecule has 0 aliphatic carbocycles. The van der Waals surface area contributed by atoms with Crippen LogP contribution >= 0.6 is 0 Å². The van der Waals surface area contributed by atoms with Crippen molar-refractivity contribution >= 4 is 5.91 Å². The van der Waals surface area contributed by atoms with Crippen LogP contribution in [0, 0.1) is 0 Å². The van der Waals surface area contributed by atoms with Crippen molar-refractivity contribution in [1.82, 2.24) is 15.2 Å². The summed E-state index contributed by atoms with van der Waals surface area (Å²) in [6, 6.07) is 3.67. The quantitative estimate of drug-likeness (QED) is 0.596. The molecule has 5 heteroatoms. The van der Waals surface area contributed by atoms with Crippen LogP contribution in [0.4, 0.5) is 0 Å². The van der Waals surface area contributed by atoms with Gasteiger partial charge in [0.1, 0.15) is 5.69 Å². The molecule has 0 radical (unpaired) electrons. The van der Waals surface area contributed by atoms with E-state index in [-0.39, 0.29) is 12.0 Å². The zero-order valence-electron chi connectivity index (χ0n) is 10.4. The number of aromatic nitrogens is 1. The number of aryl methyl sites for hydroxylation is 1. The molecule has 17 heavy (non-hydrogen) atoms. The topological polar surface area (TPSA) is 66.3 Å². The third kappa shape index (κ3) is 4.58. The summed E-state index contributed by atoms with van der Waals surface area (Å²) in [6.45, 7) is 6.27. The number of rotatable bonds is 7. The van der Waals surface area contributed by atoms with E-state index in [9.17, 15) is 4.79 Å². The highest BCUT2D eigenvalue weighted by atomic mass is 16.3. The molecule has 0 saturated carbocycles. The highest BCUT2D eigenvalue weighted by molar-refractivity contribution is 5.92. The molecule has 1 amide bonds. The van der Waals surface area contributed by atoms with Crippen LogP contribution in [0.25, 0.3) is 0 Å². The molecule has 0 aliphatic rings. The minimum Gasteiger partial charge on any atom is -0.392 e. The Hall–Kier alpha value is -1.33. The Morgan fingerprint density at radius 3 is 2.94 bits per heavy atom. The van der Waals surface area contributed by atoms with Crippen molar-refractivity contribution < 1.29 is 9.90 Å². The van der Waals surface area contributed by atoms with Gasteiger partial charge in [-0.3, -0.25) is 4.79 Å². The highest BCUT2D eigenvalue weighted by Crippen LogP contribution is 2.01. The molecule has 96 valence electrons. The summed E-state index contributed by atoms with van der Waals surface area (Å²) in [5, 5.41) is 14.9. The fraction of sp³-hybridized carbons (Fsp3) is 0.583. The monoisotopic (exact) mass is 239 g/mol. The smallest absolute Gasteiger partial charge is 0.267 e. The first-order valence-electron chi connectivity index (χ1n) is 5.97. The summed E-state index contributed by atoms with van der Waals surface area (Å²) >= 11 is 0. The molecule has 1 atom stereocenters. The van der Waals surface area contributed by atoms with Crippen molar-refractivity contribution in [1.29, 1.82) is 0 Å². The van der Waals surface area contributed by atoms with Gasteiger partial charge in [0.15, 0.2) is 0 Å². The molecular weight excluding hydrogens is 218 g/mol. The standard InChI is InChI=1S/C12H21N3O2/c1-3-15-8-4-5-11(15)12(17)14-7-6-13-9-10(2)16/h4-5,8,10,13,16H,3,6-7,9H2,1-2H3,(H,14,17). The molecule has 0 aromatic carbocycles. The Labute approximate surface area is 102 Å². The predicted octanol–water partition coefficient (Wildman–Crippen LogP) is 0.208. The van der Waals surface area contributed by atoms with Crippen LogP contribution in [-0.4, -0.2) is 41.3 Å². The van der Waals surface area contributed by atoms with Crippen molar-refractivity contribution in [2.24, 2.45) is 0 Å². The van der Waals surface area contributed by atoms with Gasteiger partial charge in [0.2, 0.25) is 0 Å². The molecular formula is C12H21N3O2. The normalized spacial score (nSPS) is 12.4. The lowest BCUT2D eigenvalue weighted by molar-refractivity contribution is 0.0944. The summed E-state index contributed by atoms with van der Waals surface area (Å²) in [5.74, 6) is -0.0595. The molecule has 1 aromatic heterocycles. The molecule has 5 nitrogen and oxygen atoms in total. The summed E-state index contributed by atoms with van der Waals surface area (Å²) in [6.07, 6.45) is 1.53. The molecule has 1 unspecified atom stereocenters. The summed E-state index contributed by atoms with van der Waals surface area (Å²) < 4.78 is 1.90. The van der Waals surface area contributed by atoms with E-state index < -0.39 is 0 Å². The molecule has 3 N–H and O–H groups in total. The number of amides is 1. The van der Waals surface area contributed by atoms with Crippen LogP contribution in [0.5, 0.6) is 0 Å². The van der Waals surface area contributed by atoms with E-state index in [4.69, 9.17) is 5.11 Å². The second kappa shape index (κ2) is 7.09. The number of carbonyl (C=O) groups is 1. The molecule has 1 rings (SSSR count). The van der Waals surface area contributed by atoms with Crippen LogP contribution in [0.3, 0.4) is 0 Å². The van der Waals surface area contributed by atoms with Gasteiger partial charge in [0.05, 0.1) is 6.10 Å². The maximum absolute atomic E-state index is 11.8. The molecule has 0 aliphatic heterocycles. The first kappa shape index (κ1) is 13.7. The van der Waals surface area contributed by atoms with Crippen LogP contribution in [0.2, 0.25) is 0 Å². The maximum Gasteiger partial charge on any atom is 0.267 e. The Balaban J connectivity index is 2.26.